The third-order valence-corrected chi connectivity index (χ3v) is 5.18. The van der Waals surface area contributed by atoms with E-state index in [9.17, 15) is 13.2 Å². The maximum Gasteiger partial charge on any atom is 0.188 e. The summed E-state index contributed by atoms with van der Waals surface area (Å²) >= 11 is 6.79. The summed E-state index contributed by atoms with van der Waals surface area (Å²) in [6.45, 7) is 0. The van der Waals surface area contributed by atoms with Crippen molar-refractivity contribution in [1.29, 1.82) is 0 Å². The second-order valence-electron chi connectivity index (χ2n) is 3.60. The van der Waals surface area contributed by atoms with Crippen LogP contribution in [0.3, 0.4) is 0 Å². The average Bonchev–Trinajstić information content (AvgIpc) is 2.77. The molecule has 0 aliphatic rings. The first-order valence-corrected chi connectivity index (χ1v) is 7.90. The SMILES string of the molecule is O=C(CS(=O)(=O)c1ccccc1)c1ccc(Cl)s1. The van der Waals surface area contributed by atoms with Gasteiger partial charge in [-0.05, 0) is 24.3 Å². The van der Waals surface area contributed by atoms with Gasteiger partial charge >= 0.3 is 0 Å². The van der Waals surface area contributed by atoms with Gasteiger partial charge in [0, 0.05) is 0 Å². The summed E-state index contributed by atoms with van der Waals surface area (Å²) in [6.07, 6.45) is 0. The molecular weight excluding hydrogens is 292 g/mol. The predicted molar refractivity (Wildman–Crippen MR) is 72.2 cm³/mol. The molecule has 0 atom stereocenters. The first-order valence-electron chi connectivity index (χ1n) is 5.05. The molecule has 0 aliphatic heterocycles. The summed E-state index contributed by atoms with van der Waals surface area (Å²) in [5.74, 6) is -0.968. The van der Waals surface area contributed by atoms with Crippen molar-refractivity contribution in [2.45, 2.75) is 4.90 Å². The number of rotatable bonds is 4. The minimum atomic E-state index is -3.58. The molecular formula is C12H9ClO3S2. The Kier molecular flexibility index (Phi) is 3.85. The van der Waals surface area contributed by atoms with Crippen LogP contribution in [0.4, 0.5) is 0 Å². The molecule has 0 radical (unpaired) electrons. The standard InChI is InChI=1S/C12H9ClO3S2/c13-12-7-6-11(17-12)10(14)8-18(15,16)9-4-2-1-3-5-9/h1-7H,8H2. The normalized spacial score (nSPS) is 11.4. The van der Waals surface area contributed by atoms with Crippen LogP contribution in [0, 0.1) is 0 Å². The van der Waals surface area contributed by atoms with Gasteiger partial charge in [0.2, 0.25) is 0 Å². The number of hydrogen-bond donors (Lipinski definition) is 0. The van der Waals surface area contributed by atoms with Crippen molar-refractivity contribution in [3.05, 3.63) is 51.7 Å². The van der Waals surface area contributed by atoms with Crippen LogP contribution in [-0.2, 0) is 9.84 Å². The quantitative estimate of drug-likeness (QED) is 0.815. The van der Waals surface area contributed by atoms with Crippen molar-refractivity contribution in [3.63, 3.8) is 0 Å². The molecule has 0 saturated carbocycles. The highest BCUT2D eigenvalue weighted by molar-refractivity contribution is 7.92. The molecule has 0 spiro atoms. The summed E-state index contributed by atoms with van der Waals surface area (Å²) in [6, 6.07) is 11.0. The minimum absolute atomic E-state index is 0.154. The third-order valence-electron chi connectivity index (χ3n) is 2.27. The van der Waals surface area contributed by atoms with E-state index in [1.54, 1.807) is 24.3 Å². The second-order valence-corrected chi connectivity index (χ2v) is 7.30. The largest absolute Gasteiger partial charge is 0.292 e. The molecule has 2 rings (SSSR count). The number of benzene rings is 1. The van der Waals surface area contributed by atoms with Gasteiger partial charge in [-0.1, -0.05) is 29.8 Å². The Balaban J connectivity index is 2.22. The van der Waals surface area contributed by atoms with E-state index in [0.717, 1.165) is 11.3 Å². The Bertz CT molecular complexity index is 660. The Morgan fingerprint density at radius 3 is 2.33 bits per heavy atom. The zero-order valence-corrected chi connectivity index (χ0v) is 11.6. The monoisotopic (exact) mass is 300 g/mol. The van der Waals surface area contributed by atoms with Crippen LogP contribution >= 0.6 is 22.9 Å². The van der Waals surface area contributed by atoms with Gasteiger partial charge in [-0.3, -0.25) is 4.79 Å². The molecule has 3 nitrogen and oxygen atoms in total. The maximum absolute atomic E-state index is 12.0. The molecule has 0 bridgehead atoms. The summed E-state index contributed by atoms with van der Waals surface area (Å²) < 4.78 is 24.4. The number of carbonyl (C=O) groups excluding carboxylic acids is 1. The highest BCUT2D eigenvalue weighted by Gasteiger charge is 2.21. The molecule has 1 heterocycles. The van der Waals surface area contributed by atoms with Crippen molar-refractivity contribution < 1.29 is 13.2 Å². The van der Waals surface area contributed by atoms with Crippen LogP contribution in [0.15, 0.2) is 47.4 Å². The predicted octanol–water partition coefficient (Wildman–Crippen LogP) is 3.06. The minimum Gasteiger partial charge on any atom is -0.292 e. The van der Waals surface area contributed by atoms with E-state index in [4.69, 9.17) is 11.6 Å². The fraction of sp³-hybridized carbons (Fsp3) is 0.0833. The van der Waals surface area contributed by atoms with E-state index in [1.165, 1.54) is 18.2 Å². The molecule has 1 aromatic carbocycles. The van der Waals surface area contributed by atoms with Crippen molar-refractivity contribution in [3.8, 4) is 0 Å². The highest BCUT2D eigenvalue weighted by atomic mass is 35.5. The second kappa shape index (κ2) is 5.22. The Labute approximate surface area is 114 Å². The lowest BCUT2D eigenvalue weighted by Crippen LogP contribution is -2.15. The van der Waals surface area contributed by atoms with Gasteiger partial charge in [-0.2, -0.15) is 0 Å². The lowest BCUT2D eigenvalue weighted by Gasteiger charge is -2.02. The van der Waals surface area contributed by atoms with Crippen molar-refractivity contribution in [1.82, 2.24) is 0 Å². The first-order chi connectivity index (χ1) is 8.49. The summed E-state index contributed by atoms with van der Waals surface area (Å²) in [4.78, 5) is 12.3. The van der Waals surface area contributed by atoms with Crippen molar-refractivity contribution in [2.24, 2.45) is 0 Å². The lowest BCUT2D eigenvalue weighted by atomic mass is 10.3. The van der Waals surface area contributed by atoms with Gasteiger partial charge in [-0.15, -0.1) is 11.3 Å². The topological polar surface area (TPSA) is 51.2 Å². The van der Waals surface area contributed by atoms with E-state index in [1.807, 2.05) is 0 Å². The van der Waals surface area contributed by atoms with E-state index in [2.05, 4.69) is 0 Å². The number of thiophene rings is 1. The number of sulfone groups is 1. The molecule has 1 aromatic heterocycles. The number of carbonyl (C=O) groups is 1. The van der Waals surface area contributed by atoms with Gasteiger partial charge in [0.05, 0.1) is 14.1 Å². The molecule has 0 amide bonds. The van der Waals surface area contributed by atoms with Crippen LogP contribution in [0.5, 0.6) is 0 Å². The molecule has 0 aliphatic carbocycles. The van der Waals surface area contributed by atoms with Gasteiger partial charge in [0.25, 0.3) is 0 Å². The Hall–Kier alpha value is -1.17. The molecule has 18 heavy (non-hydrogen) atoms. The fourth-order valence-corrected chi connectivity index (χ4v) is 3.73. The van der Waals surface area contributed by atoms with Crippen LogP contribution in [0.1, 0.15) is 9.67 Å². The molecule has 0 fully saturated rings. The van der Waals surface area contributed by atoms with Gasteiger partial charge in [0.15, 0.2) is 15.6 Å². The van der Waals surface area contributed by atoms with Crippen molar-refractivity contribution >= 4 is 38.6 Å². The number of Topliss-reactive ketones (excluding diaryl/α,β-unsaturated/α-hetero) is 1. The highest BCUT2D eigenvalue weighted by Crippen LogP contribution is 2.23. The van der Waals surface area contributed by atoms with Crippen LogP contribution in [0.2, 0.25) is 4.34 Å². The Morgan fingerprint density at radius 2 is 1.78 bits per heavy atom. The zero-order valence-electron chi connectivity index (χ0n) is 9.17. The molecule has 0 unspecified atom stereocenters. The van der Waals surface area contributed by atoms with Gasteiger partial charge in [-0.25, -0.2) is 8.42 Å². The fourth-order valence-electron chi connectivity index (χ4n) is 1.42. The molecule has 2 aromatic rings. The van der Waals surface area contributed by atoms with E-state index >= 15 is 0 Å². The smallest absolute Gasteiger partial charge is 0.188 e. The maximum atomic E-state index is 12.0. The summed E-state index contributed by atoms with van der Waals surface area (Å²) in [5, 5.41) is 0. The summed E-state index contributed by atoms with van der Waals surface area (Å²) in [5.41, 5.74) is 0. The summed E-state index contributed by atoms with van der Waals surface area (Å²) in [7, 11) is -3.58. The molecule has 6 heteroatoms. The van der Waals surface area contributed by atoms with Gasteiger partial charge < -0.3 is 0 Å². The molecule has 0 N–H and O–H groups in total. The van der Waals surface area contributed by atoms with E-state index < -0.39 is 21.4 Å². The zero-order chi connectivity index (χ0) is 13.2. The number of hydrogen-bond acceptors (Lipinski definition) is 4. The number of ketones is 1. The van der Waals surface area contributed by atoms with E-state index in [-0.39, 0.29) is 4.90 Å². The lowest BCUT2D eigenvalue weighted by molar-refractivity contribution is 0.102. The van der Waals surface area contributed by atoms with Crippen LogP contribution in [0.25, 0.3) is 0 Å². The van der Waals surface area contributed by atoms with E-state index in [0.29, 0.717) is 9.21 Å². The Morgan fingerprint density at radius 1 is 1.11 bits per heavy atom. The first kappa shape index (κ1) is 13.3. The number of halogens is 1. The van der Waals surface area contributed by atoms with Crippen molar-refractivity contribution in [2.75, 3.05) is 5.75 Å². The van der Waals surface area contributed by atoms with Gasteiger partial charge in [0.1, 0.15) is 5.75 Å². The van der Waals surface area contributed by atoms with Crippen LogP contribution in [-0.4, -0.2) is 20.0 Å². The molecule has 94 valence electrons. The van der Waals surface area contributed by atoms with Crippen LogP contribution < -0.4 is 0 Å². The molecule has 0 saturated heterocycles. The third kappa shape index (κ3) is 2.98. The average molecular weight is 301 g/mol.